The summed E-state index contributed by atoms with van der Waals surface area (Å²) in [5, 5.41) is 11.7. The lowest BCUT2D eigenvalue weighted by atomic mass is 10.1. The first kappa shape index (κ1) is 24.0. The van der Waals surface area contributed by atoms with Crippen LogP contribution in [0.5, 0.6) is 0 Å². The highest BCUT2D eigenvalue weighted by Gasteiger charge is 2.25. The highest BCUT2D eigenvalue weighted by Crippen LogP contribution is 2.51. The van der Waals surface area contributed by atoms with E-state index in [1.807, 2.05) is 0 Å². The Morgan fingerprint density at radius 3 is 2.11 bits per heavy atom. The molecule has 0 heterocycles. The van der Waals surface area contributed by atoms with Crippen LogP contribution in [0.3, 0.4) is 0 Å². The number of aliphatic carboxylic acids is 1. The van der Waals surface area contributed by atoms with Gasteiger partial charge in [-0.3, -0.25) is 14.2 Å². The lowest BCUT2D eigenvalue weighted by Crippen LogP contribution is -2.41. The quantitative estimate of drug-likeness (QED) is 0.476. The maximum Gasteiger partial charge on any atom is 0.335 e. The fourth-order valence-corrected chi connectivity index (χ4v) is 4.19. The van der Waals surface area contributed by atoms with Gasteiger partial charge in [0.25, 0.3) is 5.91 Å². The molecule has 1 aromatic rings. The van der Waals surface area contributed by atoms with Crippen LogP contribution in [-0.4, -0.2) is 42.0 Å². The largest absolute Gasteiger partial charge is 0.480 e. The van der Waals surface area contributed by atoms with E-state index >= 15 is 0 Å². The van der Waals surface area contributed by atoms with E-state index in [4.69, 9.17) is 9.05 Å². The summed E-state index contributed by atoms with van der Waals surface area (Å²) in [6.45, 7) is 5.68. The minimum Gasteiger partial charge on any atom is -0.480 e. The van der Waals surface area contributed by atoms with E-state index in [1.54, 1.807) is 32.9 Å². The molecule has 0 aliphatic carbocycles. The monoisotopic (exact) mass is 413 g/mol. The van der Waals surface area contributed by atoms with Crippen molar-refractivity contribution < 1.29 is 33.1 Å². The Morgan fingerprint density at radius 2 is 1.64 bits per heavy atom. The van der Waals surface area contributed by atoms with Crippen LogP contribution in [0.2, 0.25) is 0 Å². The van der Waals surface area contributed by atoms with Gasteiger partial charge in [-0.2, -0.15) is 0 Å². The molecule has 0 saturated carbocycles. The molecule has 28 heavy (non-hydrogen) atoms. The molecular weight excluding hydrogens is 385 g/mol. The second-order valence-corrected chi connectivity index (χ2v) is 8.15. The second-order valence-electron chi connectivity index (χ2n) is 6.10. The Balaban J connectivity index is 2.77. The molecule has 0 aliphatic heterocycles. The zero-order valence-electron chi connectivity index (χ0n) is 16.5. The summed E-state index contributed by atoms with van der Waals surface area (Å²) in [5.41, 5.74) is 0.935. The molecule has 9 heteroatoms. The molecule has 1 atom stereocenters. The third-order valence-corrected chi connectivity index (χ3v) is 6.01. The average molecular weight is 413 g/mol. The van der Waals surface area contributed by atoms with Crippen molar-refractivity contribution in [1.82, 2.24) is 5.32 Å². The van der Waals surface area contributed by atoms with E-state index in [2.05, 4.69) is 5.32 Å². The number of rotatable bonds is 13. The van der Waals surface area contributed by atoms with Crippen molar-refractivity contribution >= 4 is 25.3 Å². The lowest BCUT2D eigenvalue weighted by Gasteiger charge is -2.17. The Morgan fingerprint density at radius 1 is 1.07 bits per heavy atom. The van der Waals surface area contributed by atoms with E-state index in [0.717, 1.165) is 0 Å². The molecule has 0 bridgehead atoms. The van der Waals surface area contributed by atoms with Crippen LogP contribution < -0.4 is 5.32 Å². The van der Waals surface area contributed by atoms with E-state index in [0.29, 0.717) is 12.0 Å². The number of nitrogens with one attached hydrogen (secondary N) is 1. The third-order valence-electron chi connectivity index (χ3n) is 3.95. The van der Waals surface area contributed by atoms with Gasteiger partial charge in [-0.15, -0.1) is 0 Å². The van der Waals surface area contributed by atoms with Crippen LogP contribution >= 0.6 is 7.60 Å². The standard InChI is InChI=1S/C19H28NO7P/c1-4-16(21)11-12-17(19(23)24)20-18(22)15-9-7-14(8-10-15)13-28(25,26-5-2)27-6-3/h7-10,17H,4-6,11-13H2,1-3H3,(H,20,22)(H,23,24)/t17-/m0/s1. The normalized spacial score (nSPS) is 12.4. The van der Waals surface area contributed by atoms with Gasteiger partial charge in [0.1, 0.15) is 11.8 Å². The number of hydrogen-bond acceptors (Lipinski definition) is 6. The summed E-state index contributed by atoms with van der Waals surface area (Å²) >= 11 is 0. The maximum atomic E-state index is 12.6. The van der Waals surface area contributed by atoms with Gasteiger partial charge < -0.3 is 19.5 Å². The first-order valence-electron chi connectivity index (χ1n) is 9.27. The fourth-order valence-electron chi connectivity index (χ4n) is 2.49. The topological polar surface area (TPSA) is 119 Å². The molecule has 0 radical (unpaired) electrons. The van der Waals surface area contributed by atoms with Gasteiger partial charge in [0.15, 0.2) is 0 Å². The van der Waals surface area contributed by atoms with Crippen molar-refractivity contribution in [3.8, 4) is 0 Å². The highest BCUT2D eigenvalue weighted by atomic mass is 31.2. The molecule has 0 aromatic heterocycles. The van der Waals surface area contributed by atoms with Crippen molar-refractivity contribution in [1.29, 1.82) is 0 Å². The predicted molar refractivity (Wildman–Crippen MR) is 104 cm³/mol. The maximum absolute atomic E-state index is 12.6. The summed E-state index contributed by atoms with van der Waals surface area (Å²) in [5.74, 6) is -1.80. The van der Waals surface area contributed by atoms with Crippen LogP contribution in [0.1, 0.15) is 56.0 Å². The molecule has 2 N–H and O–H groups in total. The number of carboxylic acid groups (broad SMARTS) is 1. The molecule has 0 saturated heterocycles. The number of carboxylic acids is 1. The number of benzene rings is 1. The number of Topliss-reactive ketones (excluding diaryl/α,β-unsaturated/α-hetero) is 1. The van der Waals surface area contributed by atoms with E-state index in [1.165, 1.54) is 12.1 Å². The van der Waals surface area contributed by atoms with Gasteiger partial charge in [0.2, 0.25) is 0 Å². The number of amides is 1. The van der Waals surface area contributed by atoms with Gasteiger partial charge in [-0.25, -0.2) is 4.79 Å². The highest BCUT2D eigenvalue weighted by molar-refractivity contribution is 7.53. The third kappa shape index (κ3) is 7.92. The molecule has 1 aromatic carbocycles. The summed E-state index contributed by atoms with van der Waals surface area (Å²) in [7, 11) is -3.25. The van der Waals surface area contributed by atoms with Crippen LogP contribution in [-0.2, 0) is 29.4 Å². The van der Waals surface area contributed by atoms with Crippen LogP contribution in [0.4, 0.5) is 0 Å². The van der Waals surface area contributed by atoms with Crippen molar-refractivity contribution in [3.63, 3.8) is 0 Å². The first-order chi connectivity index (χ1) is 13.2. The minimum absolute atomic E-state index is 0.0394. The Bertz CT molecular complexity index is 707. The van der Waals surface area contributed by atoms with Crippen molar-refractivity contribution in [2.24, 2.45) is 0 Å². The molecule has 8 nitrogen and oxygen atoms in total. The number of ketones is 1. The van der Waals surface area contributed by atoms with Gasteiger partial charge >= 0.3 is 13.6 Å². The van der Waals surface area contributed by atoms with E-state index in [9.17, 15) is 24.1 Å². The second kappa shape index (κ2) is 11.7. The molecule has 156 valence electrons. The SMILES string of the molecule is CCOP(=O)(Cc1ccc(C(=O)N[C@@H](CCC(=O)CC)C(=O)O)cc1)OCC. The molecule has 0 unspecified atom stereocenters. The van der Waals surface area contributed by atoms with Crippen molar-refractivity contribution in [3.05, 3.63) is 35.4 Å². The summed E-state index contributed by atoms with van der Waals surface area (Å²) in [6, 6.07) is 5.14. The fraction of sp³-hybridized carbons (Fsp3) is 0.526. The zero-order chi connectivity index (χ0) is 21.2. The molecule has 1 rings (SSSR count). The van der Waals surface area contributed by atoms with Gasteiger partial charge in [-0.05, 0) is 38.0 Å². The lowest BCUT2D eigenvalue weighted by molar-refractivity contribution is -0.139. The molecular formula is C19H28NO7P. The Kier molecular flexibility index (Phi) is 10.1. The van der Waals surface area contributed by atoms with Crippen molar-refractivity contribution in [2.45, 2.75) is 52.2 Å². The number of hydrogen-bond donors (Lipinski definition) is 2. The Labute approximate surface area is 165 Å². The number of carbonyl (C=O) groups excluding carboxylic acids is 2. The summed E-state index contributed by atoms with van der Waals surface area (Å²) in [4.78, 5) is 35.0. The zero-order valence-corrected chi connectivity index (χ0v) is 17.4. The van der Waals surface area contributed by atoms with Gasteiger partial charge in [0.05, 0.1) is 19.4 Å². The summed E-state index contributed by atoms with van der Waals surface area (Å²) < 4.78 is 23.1. The van der Waals surface area contributed by atoms with Crippen LogP contribution in [0.25, 0.3) is 0 Å². The summed E-state index contributed by atoms with van der Waals surface area (Å²) in [6.07, 6.45) is 0.539. The van der Waals surface area contributed by atoms with E-state index < -0.39 is 25.5 Å². The van der Waals surface area contributed by atoms with Crippen LogP contribution in [0, 0.1) is 0 Å². The molecule has 0 fully saturated rings. The van der Waals surface area contributed by atoms with Gasteiger partial charge in [0, 0.05) is 18.4 Å². The first-order valence-corrected chi connectivity index (χ1v) is 11.0. The predicted octanol–water partition coefficient (Wildman–Crippen LogP) is 3.40. The van der Waals surface area contributed by atoms with E-state index in [-0.39, 0.29) is 43.6 Å². The van der Waals surface area contributed by atoms with Crippen molar-refractivity contribution in [2.75, 3.05) is 13.2 Å². The average Bonchev–Trinajstić information content (AvgIpc) is 2.65. The number of carbonyl (C=O) groups is 3. The minimum atomic E-state index is -3.25. The molecule has 1 amide bonds. The Hall–Kier alpha value is -2.02. The van der Waals surface area contributed by atoms with Gasteiger partial charge in [-0.1, -0.05) is 19.1 Å². The molecule has 0 spiro atoms. The van der Waals surface area contributed by atoms with Crippen LogP contribution in [0.15, 0.2) is 24.3 Å². The smallest absolute Gasteiger partial charge is 0.335 e. The molecule has 0 aliphatic rings.